The van der Waals surface area contributed by atoms with Gasteiger partial charge in [0.2, 0.25) is 0 Å². The molecule has 1 saturated heterocycles. The third-order valence-electron chi connectivity index (χ3n) is 6.24. The van der Waals surface area contributed by atoms with Gasteiger partial charge in [-0.3, -0.25) is 9.08 Å². The quantitative estimate of drug-likeness (QED) is 0.377. The molecule has 2 aliphatic heterocycles. The van der Waals surface area contributed by atoms with Gasteiger partial charge in [-0.1, -0.05) is 6.08 Å². The largest absolute Gasteiger partial charge is 0.329 e. The van der Waals surface area contributed by atoms with Crippen LogP contribution in [-0.4, -0.2) is 54.6 Å². The smallest absolute Gasteiger partial charge is 0.181 e. The summed E-state index contributed by atoms with van der Waals surface area (Å²) in [6, 6.07) is 2.22. The number of anilines is 2. The fraction of sp³-hybridized carbons (Fsp3) is 0.375. The van der Waals surface area contributed by atoms with Crippen molar-refractivity contribution in [1.82, 2.24) is 33.8 Å². The first kappa shape index (κ1) is 21.8. The topological polar surface area (TPSA) is 75.3 Å². The zero-order valence-electron chi connectivity index (χ0n) is 19.4. The van der Waals surface area contributed by atoms with Gasteiger partial charge in [0.25, 0.3) is 0 Å². The minimum absolute atomic E-state index is 0.776. The van der Waals surface area contributed by atoms with Crippen molar-refractivity contribution < 1.29 is 0 Å². The number of imidazole rings is 1. The SMILES string of the molecule is Cc1cc(Nc2nc(C3=CCCNC3)cn3c(-c4cnn(C)c4)cnc23)sc1SN1CCCC1. The van der Waals surface area contributed by atoms with E-state index in [0.717, 1.165) is 52.9 Å². The monoisotopic (exact) mass is 492 g/mol. The van der Waals surface area contributed by atoms with Crippen molar-refractivity contribution in [1.29, 1.82) is 0 Å². The van der Waals surface area contributed by atoms with E-state index in [0.29, 0.717) is 0 Å². The number of aryl methyl sites for hydroxylation is 2. The van der Waals surface area contributed by atoms with Crippen molar-refractivity contribution in [3.63, 3.8) is 0 Å². The summed E-state index contributed by atoms with van der Waals surface area (Å²) in [4.78, 5) is 9.80. The highest BCUT2D eigenvalue weighted by Gasteiger charge is 2.19. The Morgan fingerprint density at radius 1 is 1.18 bits per heavy atom. The summed E-state index contributed by atoms with van der Waals surface area (Å²) in [6.45, 7) is 6.36. The molecular weight excluding hydrogens is 464 g/mol. The predicted molar refractivity (Wildman–Crippen MR) is 140 cm³/mol. The van der Waals surface area contributed by atoms with Crippen molar-refractivity contribution >= 4 is 45.3 Å². The van der Waals surface area contributed by atoms with Crippen molar-refractivity contribution in [2.24, 2.45) is 7.05 Å². The van der Waals surface area contributed by atoms with Crippen LogP contribution in [0.4, 0.5) is 10.8 Å². The summed E-state index contributed by atoms with van der Waals surface area (Å²) < 4.78 is 7.77. The molecule has 2 N–H and O–H groups in total. The molecule has 0 atom stereocenters. The molecule has 0 aromatic carbocycles. The maximum absolute atomic E-state index is 5.04. The van der Waals surface area contributed by atoms with Crippen molar-refractivity contribution in [2.75, 3.05) is 31.5 Å². The molecule has 34 heavy (non-hydrogen) atoms. The molecule has 0 saturated carbocycles. The maximum Gasteiger partial charge on any atom is 0.181 e. The highest BCUT2D eigenvalue weighted by atomic mass is 32.2. The molecule has 6 heterocycles. The van der Waals surface area contributed by atoms with Crippen LogP contribution in [0.1, 0.15) is 30.5 Å². The molecule has 176 valence electrons. The lowest BCUT2D eigenvalue weighted by atomic mass is 10.1. The van der Waals surface area contributed by atoms with Crippen LogP contribution in [-0.2, 0) is 7.05 Å². The van der Waals surface area contributed by atoms with Crippen LogP contribution in [0.5, 0.6) is 0 Å². The summed E-state index contributed by atoms with van der Waals surface area (Å²) in [6.07, 6.45) is 13.8. The van der Waals surface area contributed by atoms with Gasteiger partial charge < -0.3 is 10.6 Å². The molecule has 0 aliphatic carbocycles. The first-order chi connectivity index (χ1) is 16.6. The van der Waals surface area contributed by atoms with Gasteiger partial charge in [-0.25, -0.2) is 14.3 Å². The fourth-order valence-corrected chi connectivity index (χ4v) is 6.88. The second-order valence-corrected chi connectivity index (χ2v) is 11.3. The molecule has 0 bridgehead atoms. The number of thiophene rings is 1. The standard InChI is InChI=1S/C24H28N8S2/c1-16-10-21(33-24(16)34-31-8-3-4-9-31)29-22-23-26-13-20(18-12-27-30(2)14-18)32(23)15-19(28-22)17-6-5-7-25-11-17/h6,10,12-15,25H,3-5,7-9,11H2,1-2H3,(H,28,29). The minimum Gasteiger partial charge on any atom is -0.329 e. The predicted octanol–water partition coefficient (Wildman–Crippen LogP) is 4.72. The Morgan fingerprint density at radius 3 is 2.82 bits per heavy atom. The van der Waals surface area contributed by atoms with E-state index in [1.54, 1.807) is 11.3 Å². The van der Waals surface area contributed by atoms with Crippen LogP contribution in [0, 0.1) is 6.92 Å². The zero-order chi connectivity index (χ0) is 23.1. The molecule has 0 spiro atoms. The van der Waals surface area contributed by atoms with Gasteiger partial charge in [0, 0.05) is 44.6 Å². The van der Waals surface area contributed by atoms with Gasteiger partial charge in [-0.2, -0.15) is 5.10 Å². The molecule has 6 rings (SSSR count). The van der Waals surface area contributed by atoms with E-state index in [9.17, 15) is 0 Å². The molecule has 8 nitrogen and oxygen atoms in total. The molecule has 0 amide bonds. The minimum atomic E-state index is 0.776. The average molecular weight is 493 g/mol. The lowest BCUT2D eigenvalue weighted by molar-refractivity contribution is 0.587. The Kier molecular flexibility index (Phi) is 5.90. The lowest BCUT2D eigenvalue weighted by Gasteiger charge is -2.16. The van der Waals surface area contributed by atoms with Crippen LogP contribution in [0.15, 0.2) is 41.1 Å². The zero-order valence-corrected chi connectivity index (χ0v) is 21.0. The van der Waals surface area contributed by atoms with Crippen molar-refractivity contribution in [3.05, 3.63) is 48.2 Å². The van der Waals surface area contributed by atoms with E-state index >= 15 is 0 Å². The fourth-order valence-electron chi connectivity index (χ4n) is 4.46. The molecule has 4 aromatic rings. The summed E-state index contributed by atoms with van der Waals surface area (Å²) in [5.74, 6) is 0.776. The molecule has 2 aliphatic rings. The van der Waals surface area contributed by atoms with Gasteiger partial charge in [-0.05, 0) is 61.9 Å². The number of nitrogens with one attached hydrogen (secondary N) is 2. The van der Waals surface area contributed by atoms with E-state index in [1.807, 2.05) is 42.3 Å². The summed E-state index contributed by atoms with van der Waals surface area (Å²) >= 11 is 3.68. The highest BCUT2D eigenvalue weighted by Crippen LogP contribution is 2.39. The van der Waals surface area contributed by atoms with Gasteiger partial charge in [-0.15, -0.1) is 11.3 Å². The lowest BCUT2D eigenvalue weighted by Crippen LogP contribution is -2.22. The Morgan fingerprint density at radius 2 is 2.06 bits per heavy atom. The van der Waals surface area contributed by atoms with Gasteiger partial charge in [0.05, 0.1) is 33.0 Å². The van der Waals surface area contributed by atoms with Crippen LogP contribution in [0.25, 0.3) is 22.5 Å². The maximum atomic E-state index is 5.04. The first-order valence-corrected chi connectivity index (χ1v) is 13.3. The van der Waals surface area contributed by atoms with Gasteiger partial charge >= 0.3 is 0 Å². The van der Waals surface area contributed by atoms with E-state index in [-0.39, 0.29) is 0 Å². The average Bonchev–Trinajstić information content (AvgIpc) is 3.63. The van der Waals surface area contributed by atoms with Gasteiger partial charge in [0.15, 0.2) is 11.5 Å². The van der Waals surface area contributed by atoms with E-state index in [4.69, 9.17) is 9.97 Å². The molecule has 1 fully saturated rings. The second kappa shape index (κ2) is 9.18. The molecule has 10 heteroatoms. The number of fused-ring (bicyclic) bond motifs is 1. The van der Waals surface area contributed by atoms with Crippen molar-refractivity contribution in [3.8, 4) is 11.3 Å². The summed E-state index contributed by atoms with van der Waals surface area (Å²) in [5.41, 5.74) is 6.33. The highest BCUT2D eigenvalue weighted by molar-refractivity contribution is 7.99. The van der Waals surface area contributed by atoms with Crippen molar-refractivity contribution in [2.45, 2.75) is 30.4 Å². The number of aromatic nitrogens is 5. The van der Waals surface area contributed by atoms with Gasteiger partial charge in [0.1, 0.15) is 0 Å². The van der Waals surface area contributed by atoms with Crippen LogP contribution < -0.4 is 10.6 Å². The summed E-state index contributed by atoms with van der Waals surface area (Å²) in [7, 11) is 1.93. The number of hydrogen-bond donors (Lipinski definition) is 2. The normalized spacial score (nSPS) is 16.9. The summed E-state index contributed by atoms with van der Waals surface area (Å²) in [5, 5.41) is 12.5. The number of rotatable bonds is 6. The third-order valence-corrected chi connectivity index (χ3v) is 8.77. The Bertz CT molecular complexity index is 1360. The molecule has 0 unspecified atom stereocenters. The second-order valence-electron chi connectivity index (χ2n) is 8.84. The van der Waals surface area contributed by atoms with Crippen LogP contribution in [0.3, 0.4) is 0 Å². The third kappa shape index (κ3) is 4.26. The number of hydrogen-bond acceptors (Lipinski definition) is 8. The van der Waals surface area contributed by atoms with Crippen LogP contribution in [0.2, 0.25) is 0 Å². The van der Waals surface area contributed by atoms with Crippen LogP contribution >= 0.6 is 23.3 Å². The molecule has 0 radical (unpaired) electrons. The Hall–Kier alpha value is -2.66. The molecular formula is C24H28N8S2. The Balaban J connectivity index is 1.40. The van der Waals surface area contributed by atoms with E-state index in [1.165, 1.54) is 41.3 Å². The van der Waals surface area contributed by atoms with E-state index in [2.05, 4.69) is 49.7 Å². The molecule has 4 aromatic heterocycles. The number of nitrogens with zero attached hydrogens (tertiary/aromatic N) is 6. The Labute approximate surface area is 207 Å². The van der Waals surface area contributed by atoms with E-state index < -0.39 is 0 Å². The first-order valence-electron chi connectivity index (χ1n) is 11.7.